The number of ether oxygens (including phenoxy) is 2. The van der Waals surface area contributed by atoms with E-state index in [4.69, 9.17) is 9.47 Å². The molecule has 0 spiro atoms. The normalized spacial score (nSPS) is 20.9. The number of amides is 1. The highest BCUT2D eigenvalue weighted by molar-refractivity contribution is 7.99. The van der Waals surface area contributed by atoms with Crippen LogP contribution in [0.3, 0.4) is 0 Å². The Hall–Kier alpha value is -2.22. The number of carbonyl (C=O) groups is 1. The van der Waals surface area contributed by atoms with Crippen LogP contribution >= 0.6 is 11.8 Å². The standard InChI is InChI=1S/C21H28N4O3S/c1-4-24-19(11-16-8-9-17-18(10-16)28-13-27-17)22-23-21(24)29-12-20(26)25-14(2)6-5-7-15(25)3/h8-10,14-15H,4-7,11-13H2,1-3H3/t14-,15-/m1/s1. The van der Waals surface area contributed by atoms with Gasteiger partial charge < -0.3 is 18.9 Å². The van der Waals surface area contributed by atoms with Crippen molar-refractivity contribution in [3.05, 3.63) is 29.6 Å². The van der Waals surface area contributed by atoms with Gasteiger partial charge in [-0.05, 0) is 57.7 Å². The predicted octanol–water partition coefficient (Wildman–Crippen LogP) is 3.50. The molecule has 4 rings (SSSR count). The summed E-state index contributed by atoms with van der Waals surface area (Å²) in [5, 5.41) is 9.55. The summed E-state index contributed by atoms with van der Waals surface area (Å²) < 4.78 is 12.9. The third kappa shape index (κ3) is 4.22. The summed E-state index contributed by atoms with van der Waals surface area (Å²) in [4.78, 5) is 14.9. The van der Waals surface area contributed by atoms with E-state index in [0.29, 0.717) is 24.3 Å². The molecule has 7 nitrogen and oxygen atoms in total. The first-order chi connectivity index (χ1) is 14.1. The van der Waals surface area contributed by atoms with Crippen molar-refractivity contribution in [3.8, 4) is 11.5 Å². The van der Waals surface area contributed by atoms with E-state index >= 15 is 0 Å². The fourth-order valence-corrected chi connectivity index (χ4v) is 5.11. The average molecular weight is 417 g/mol. The molecule has 0 unspecified atom stereocenters. The smallest absolute Gasteiger partial charge is 0.233 e. The maximum absolute atomic E-state index is 12.8. The fraction of sp³-hybridized carbons (Fsp3) is 0.571. The maximum atomic E-state index is 12.8. The number of likely N-dealkylation sites (tertiary alicyclic amines) is 1. The molecule has 0 bridgehead atoms. The van der Waals surface area contributed by atoms with Crippen LogP contribution in [0.4, 0.5) is 0 Å². The van der Waals surface area contributed by atoms with E-state index in [9.17, 15) is 4.79 Å². The SMILES string of the molecule is CCn1c(Cc2ccc3c(c2)OCO3)nnc1SCC(=O)N1[C@H](C)CCC[C@H]1C. The molecular formula is C21H28N4O3S. The van der Waals surface area contributed by atoms with Crippen LogP contribution in [0.5, 0.6) is 11.5 Å². The van der Waals surface area contributed by atoms with Crippen LogP contribution in [-0.4, -0.2) is 50.2 Å². The summed E-state index contributed by atoms with van der Waals surface area (Å²) in [6.07, 6.45) is 4.04. The van der Waals surface area contributed by atoms with Crippen LogP contribution in [0.25, 0.3) is 0 Å². The third-order valence-corrected chi connectivity index (χ3v) is 6.67. The van der Waals surface area contributed by atoms with Gasteiger partial charge in [0, 0.05) is 25.0 Å². The summed E-state index contributed by atoms with van der Waals surface area (Å²) in [7, 11) is 0. The molecule has 1 aromatic carbocycles. The molecule has 1 aromatic heterocycles. The number of piperidine rings is 1. The van der Waals surface area contributed by atoms with Gasteiger partial charge in [0.25, 0.3) is 0 Å². The lowest BCUT2D eigenvalue weighted by atomic mass is 9.98. The zero-order chi connectivity index (χ0) is 20.4. The van der Waals surface area contributed by atoms with Gasteiger partial charge in [-0.25, -0.2) is 0 Å². The predicted molar refractivity (Wildman–Crippen MR) is 111 cm³/mol. The summed E-state index contributed by atoms with van der Waals surface area (Å²) in [6.45, 7) is 7.41. The monoisotopic (exact) mass is 416 g/mol. The second kappa shape index (κ2) is 8.65. The lowest BCUT2D eigenvalue weighted by Crippen LogP contribution is -2.48. The number of hydrogen-bond donors (Lipinski definition) is 0. The van der Waals surface area contributed by atoms with Crippen molar-refractivity contribution >= 4 is 17.7 Å². The second-order valence-corrected chi connectivity index (χ2v) is 8.67. The average Bonchev–Trinajstić information content (AvgIpc) is 3.32. The van der Waals surface area contributed by atoms with E-state index in [1.165, 1.54) is 18.2 Å². The molecule has 2 aromatic rings. The van der Waals surface area contributed by atoms with Gasteiger partial charge in [0.05, 0.1) is 5.75 Å². The summed E-state index contributed by atoms with van der Waals surface area (Å²) in [6, 6.07) is 6.58. The molecule has 3 heterocycles. The number of fused-ring (bicyclic) bond motifs is 1. The first-order valence-electron chi connectivity index (χ1n) is 10.3. The molecule has 2 atom stereocenters. The number of nitrogens with zero attached hydrogens (tertiary/aromatic N) is 4. The van der Waals surface area contributed by atoms with Crippen LogP contribution in [0.15, 0.2) is 23.4 Å². The van der Waals surface area contributed by atoms with E-state index in [0.717, 1.165) is 47.4 Å². The lowest BCUT2D eigenvalue weighted by molar-refractivity contribution is -0.134. The Balaban J connectivity index is 1.42. The van der Waals surface area contributed by atoms with Crippen LogP contribution in [0.1, 0.15) is 51.4 Å². The minimum atomic E-state index is 0.192. The van der Waals surface area contributed by atoms with Crippen LogP contribution in [0.2, 0.25) is 0 Å². The Bertz CT molecular complexity index is 875. The fourth-order valence-electron chi connectivity index (χ4n) is 4.22. The highest BCUT2D eigenvalue weighted by atomic mass is 32.2. The minimum Gasteiger partial charge on any atom is -0.454 e. The van der Waals surface area contributed by atoms with Crippen LogP contribution in [0, 0.1) is 0 Å². The number of rotatable bonds is 6. The lowest BCUT2D eigenvalue weighted by Gasteiger charge is -2.39. The number of hydrogen-bond acceptors (Lipinski definition) is 6. The Labute approximate surface area is 175 Å². The summed E-state index contributed by atoms with van der Waals surface area (Å²) in [5.74, 6) is 3.03. The van der Waals surface area contributed by atoms with Gasteiger partial charge >= 0.3 is 0 Å². The minimum absolute atomic E-state index is 0.192. The summed E-state index contributed by atoms with van der Waals surface area (Å²) >= 11 is 1.48. The first-order valence-corrected chi connectivity index (χ1v) is 11.3. The Morgan fingerprint density at radius 3 is 2.69 bits per heavy atom. The third-order valence-electron chi connectivity index (χ3n) is 5.72. The largest absolute Gasteiger partial charge is 0.454 e. The van der Waals surface area contributed by atoms with Gasteiger partial charge in [-0.2, -0.15) is 0 Å². The molecule has 8 heteroatoms. The van der Waals surface area contributed by atoms with Gasteiger partial charge in [-0.15, -0.1) is 10.2 Å². The van der Waals surface area contributed by atoms with E-state index < -0.39 is 0 Å². The van der Waals surface area contributed by atoms with E-state index in [1.54, 1.807) is 0 Å². The molecule has 0 N–H and O–H groups in total. The molecule has 1 fully saturated rings. The zero-order valence-corrected chi connectivity index (χ0v) is 18.1. The number of aromatic nitrogens is 3. The van der Waals surface area contributed by atoms with E-state index in [1.807, 2.05) is 18.2 Å². The molecular weight excluding hydrogens is 388 g/mol. The second-order valence-electron chi connectivity index (χ2n) is 7.73. The Morgan fingerprint density at radius 1 is 1.17 bits per heavy atom. The Morgan fingerprint density at radius 2 is 1.93 bits per heavy atom. The maximum Gasteiger partial charge on any atom is 0.233 e. The number of thioether (sulfide) groups is 1. The molecule has 156 valence electrons. The molecule has 1 saturated heterocycles. The number of carbonyl (C=O) groups excluding carboxylic acids is 1. The number of benzene rings is 1. The molecule has 0 radical (unpaired) electrons. The highest BCUT2D eigenvalue weighted by Crippen LogP contribution is 2.33. The van der Waals surface area contributed by atoms with E-state index in [2.05, 4.69) is 40.4 Å². The van der Waals surface area contributed by atoms with Gasteiger partial charge in [0.15, 0.2) is 16.7 Å². The molecule has 1 amide bonds. The highest BCUT2D eigenvalue weighted by Gasteiger charge is 2.29. The zero-order valence-electron chi connectivity index (χ0n) is 17.3. The van der Waals surface area contributed by atoms with Gasteiger partial charge in [-0.3, -0.25) is 4.79 Å². The van der Waals surface area contributed by atoms with Crippen molar-refractivity contribution in [3.63, 3.8) is 0 Å². The van der Waals surface area contributed by atoms with Crippen molar-refractivity contribution < 1.29 is 14.3 Å². The molecule has 2 aliphatic rings. The summed E-state index contributed by atoms with van der Waals surface area (Å²) in [5.41, 5.74) is 1.10. The van der Waals surface area contributed by atoms with Crippen molar-refractivity contribution in [2.75, 3.05) is 12.5 Å². The molecule has 0 saturated carbocycles. The molecule has 29 heavy (non-hydrogen) atoms. The Kier molecular flexibility index (Phi) is 5.99. The van der Waals surface area contributed by atoms with Crippen molar-refractivity contribution in [2.24, 2.45) is 0 Å². The van der Waals surface area contributed by atoms with Gasteiger partial charge in [0.1, 0.15) is 5.82 Å². The van der Waals surface area contributed by atoms with Crippen LogP contribution < -0.4 is 9.47 Å². The van der Waals surface area contributed by atoms with Crippen LogP contribution in [-0.2, 0) is 17.8 Å². The van der Waals surface area contributed by atoms with Crippen molar-refractivity contribution in [1.29, 1.82) is 0 Å². The topological polar surface area (TPSA) is 69.5 Å². The molecule has 0 aliphatic carbocycles. The van der Waals surface area contributed by atoms with Gasteiger partial charge in [-0.1, -0.05) is 17.8 Å². The molecule has 2 aliphatic heterocycles. The van der Waals surface area contributed by atoms with Crippen molar-refractivity contribution in [2.45, 2.75) is 70.2 Å². The van der Waals surface area contributed by atoms with Crippen molar-refractivity contribution in [1.82, 2.24) is 19.7 Å². The first kappa shape index (κ1) is 20.1. The van der Waals surface area contributed by atoms with Gasteiger partial charge in [0.2, 0.25) is 12.7 Å². The quantitative estimate of drug-likeness (QED) is 0.672. The van der Waals surface area contributed by atoms with E-state index in [-0.39, 0.29) is 12.7 Å².